The molecule has 0 aliphatic carbocycles. The first-order valence-corrected chi connectivity index (χ1v) is 5.30. The van der Waals surface area contributed by atoms with Gasteiger partial charge in [-0.3, -0.25) is 0 Å². The van der Waals surface area contributed by atoms with Crippen molar-refractivity contribution in [3.63, 3.8) is 0 Å². The summed E-state index contributed by atoms with van der Waals surface area (Å²) in [6, 6.07) is 3.75. The summed E-state index contributed by atoms with van der Waals surface area (Å²) >= 11 is 0. The summed E-state index contributed by atoms with van der Waals surface area (Å²) in [5.41, 5.74) is 0. The van der Waals surface area contributed by atoms with Crippen LogP contribution >= 0.6 is 0 Å². The Morgan fingerprint density at radius 3 is 3.20 bits per heavy atom. The lowest BCUT2D eigenvalue weighted by Crippen LogP contribution is -2.36. The number of furan rings is 1. The van der Waals surface area contributed by atoms with Crippen LogP contribution in [0.1, 0.15) is 18.6 Å². The number of aliphatic hydroxyl groups excluding tert-OH is 1. The molecule has 0 radical (unpaired) electrons. The van der Waals surface area contributed by atoms with Gasteiger partial charge in [-0.15, -0.1) is 0 Å². The Balaban J connectivity index is 1.68. The maximum absolute atomic E-state index is 9.55. The molecule has 2 rings (SSSR count). The topological polar surface area (TPSA) is 51.8 Å². The molecule has 1 aromatic rings. The summed E-state index contributed by atoms with van der Waals surface area (Å²) in [6.45, 7) is 1.18. The van der Waals surface area contributed by atoms with E-state index in [1.807, 2.05) is 12.1 Å². The molecule has 0 saturated carbocycles. The minimum atomic E-state index is -0.490. The predicted molar refractivity (Wildman–Crippen MR) is 53.3 cm³/mol. The molecule has 0 amide bonds. The van der Waals surface area contributed by atoms with Crippen LogP contribution in [0.15, 0.2) is 22.8 Å². The molecule has 15 heavy (non-hydrogen) atoms. The largest absolute Gasteiger partial charge is 0.469 e. The van der Waals surface area contributed by atoms with E-state index in [1.165, 1.54) is 0 Å². The van der Waals surface area contributed by atoms with Crippen LogP contribution < -0.4 is 0 Å². The van der Waals surface area contributed by atoms with Crippen LogP contribution in [-0.2, 0) is 15.9 Å². The fraction of sp³-hybridized carbons (Fsp3) is 0.636. The average molecular weight is 212 g/mol. The average Bonchev–Trinajstić information content (AvgIpc) is 2.74. The third-order valence-electron chi connectivity index (χ3n) is 2.45. The quantitative estimate of drug-likeness (QED) is 0.818. The van der Waals surface area contributed by atoms with Crippen LogP contribution in [0.4, 0.5) is 0 Å². The Morgan fingerprint density at radius 2 is 2.47 bits per heavy atom. The minimum absolute atomic E-state index is 0.464. The molecule has 2 atom stereocenters. The summed E-state index contributed by atoms with van der Waals surface area (Å²) in [4.78, 5) is 0. The second-order valence-corrected chi connectivity index (χ2v) is 3.65. The maximum Gasteiger partial charge on any atom is 0.183 e. The maximum atomic E-state index is 9.55. The van der Waals surface area contributed by atoms with E-state index < -0.39 is 12.4 Å². The Hall–Kier alpha value is -0.840. The van der Waals surface area contributed by atoms with E-state index in [9.17, 15) is 5.11 Å². The smallest absolute Gasteiger partial charge is 0.183 e. The molecule has 4 heteroatoms. The van der Waals surface area contributed by atoms with Crippen molar-refractivity contribution in [2.75, 3.05) is 13.2 Å². The van der Waals surface area contributed by atoms with Crippen molar-refractivity contribution in [1.82, 2.24) is 0 Å². The van der Waals surface area contributed by atoms with Gasteiger partial charge in [0.1, 0.15) is 11.9 Å². The lowest BCUT2D eigenvalue weighted by atomic mass is 10.1. The summed E-state index contributed by atoms with van der Waals surface area (Å²) in [5.74, 6) is 0.889. The Morgan fingerprint density at radius 1 is 1.53 bits per heavy atom. The molecule has 0 spiro atoms. The highest BCUT2D eigenvalue weighted by Crippen LogP contribution is 2.15. The third-order valence-corrected chi connectivity index (χ3v) is 2.45. The molecule has 1 fully saturated rings. The lowest BCUT2D eigenvalue weighted by Gasteiger charge is -2.27. The monoisotopic (exact) mass is 212 g/mol. The third kappa shape index (κ3) is 3.06. The van der Waals surface area contributed by atoms with Crippen molar-refractivity contribution in [2.45, 2.75) is 31.7 Å². The van der Waals surface area contributed by atoms with Crippen molar-refractivity contribution in [3.8, 4) is 0 Å². The number of aliphatic hydroxyl groups is 1. The normalized spacial score (nSPS) is 26.7. The number of hydrogen-bond donors (Lipinski definition) is 1. The minimum Gasteiger partial charge on any atom is -0.469 e. The van der Waals surface area contributed by atoms with E-state index in [0.717, 1.165) is 18.6 Å². The second-order valence-electron chi connectivity index (χ2n) is 3.65. The summed E-state index contributed by atoms with van der Waals surface area (Å²) in [6.07, 6.45) is 3.05. The van der Waals surface area contributed by atoms with Gasteiger partial charge in [-0.05, 0) is 25.0 Å². The first-order valence-electron chi connectivity index (χ1n) is 5.30. The highest BCUT2D eigenvalue weighted by atomic mass is 16.7. The van der Waals surface area contributed by atoms with Crippen molar-refractivity contribution in [2.24, 2.45) is 0 Å². The summed E-state index contributed by atoms with van der Waals surface area (Å²) in [5, 5.41) is 9.55. The van der Waals surface area contributed by atoms with Gasteiger partial charge in [-0.25, -0.2) is 0 Å². The first kappa shape index (κ1) is 10.7. The van der Waals surface area contributed by atoms with Crippen LogP contribution in [0.5, 0.6) is 0 Å². The van der Waals surface area contributed by atoms with E-state index in [2.05, 4.69) is 0 Å². The first-order chi connectivity index (χ1) is 7.36. The Kier molecular flexibility index (Phi) is 3.77. The van der Waals surface area contributed by atoms with Gasteiger partial charge in [-0.1, -0.05) is 0 Å². The van der Waals surface area contributed by atoms with Crippen molar-refractivity contribution < 1.29 is 19.0 Å². The van der Waals surface area contributed by atoms with Crippen LogP contribution in [0.2, 0.25) is 0 Å². The Bertz CT molecular complexity index is 270. The van der Waals surface area contributed by atoms with Gasteiger partial charge < -0.3 is 19.0 Å². The number of ether oxygens (including phenoxy) is 2. The summed E-state index contributed by atoms with van der Waals surface area (Å²) in [7, 11) is 0. The zero-order valence-corrected chi connectivity index (χ0v) is 8.59. The molecule has 1 aliphatic rings. The fourth-order valence-electron chi connectivity index (χ4n) is 1.63. The molecule has 0 aromatic carbocycles. The molecule has 0 bridgehead atoms. The van der Waals surface area contributed by atoms with Crippen LogP contribution in [0.25, 0.3) is 0 Å². The van der Waals surface area contributed by atoms with E-state index in [0.29, 0.717) is 19.6 Å². The molecule has 84 valence electrons. The molecular weight excluding hydrogens is 196 g/mol. The highest BCUT2D eigenvalue weighted by Gasteiger charge is 2.24. The van der Waals surface area contributed by atoms with E-state index >= 15 is 0 Å². The second kappa shape index (κ2) is 5.30. The zero-order chi connectivity index (χ0) is 10.5. The van der Waals surface area contributed by atoms with Gasteiger partial charge in [-0.2, -0.15) is 0 Å². The van der Waals surface area contributed by atoms with E-state index in [1.54, 1.807) is 6.26 Å². The molecule has 1 aromatic heterocycles. The zero-order valence-electron chi connectivity index (χ0n) is 8.59. The van der Waals surface area contributed by atoms with Crippen molar-refractivity contribution in [1.29, 1.82) is 0 Å². The molecule has 4 nitrogen and oxygen atoms in total. The van der Waals surface area contributed by atoms with Crippen LogP contribution in [0.3, 0.4) is 0 Å². The molecule has 0 unspecified atom stereocenters. The summed E-state index contributed by atoms with van der Waals surface area (Å²) < 4.78 is 15.9. The predicted octanol–water partition coefficient (Wildman–Crippen LogP) is 1.34. The molecular formula is C11H16O4. The molecule has 1 saturated heterocycles. The van der Waals surface area contributed by atoms with Crippen LogP contribution in [0, 0.1) is 0 Å². The molecule has 1 N–H and O–H groups in total. The number of hydrogen-bond acceptors (Lipinski definition) is 4. The standard InChI is InChI=1S/C11H16O4/c12-10-4-2-7-14-11(10)15-8-5-9-3-1-6-13-9/h1,3,6,10-12H,2,4-5,7-8H2/t10-,11+/m1/s1. The van der Waals surface area contributed by atoms with Crippen molar-refractivity contribution >= 4 is 0 Å². The lowest BCUT2D eigenvalue weighted by molar-refractivity contribution is -0.214. The molecule has 2 heterocycles. The van der Waals surface area contributed by atoms with Crippen LogP contribution in [-0.4, -0.2) is 30.7 Å². The number of rotatable bonds is 4. The Labute approximate surface area is 88.8 Å². The van der Waals surface area contributed by atoms with Gasteiger partial charge in [0.2, 0.25) is 0 Å². The van der Waals surface area contributed by atoms with Gasteiger partial charge in [0.05, 0.1) is 12.9 Å². The fourth-order valence-corrected chi connectivity index (χ4v) is 1.63. The van der Waals surface area contributed by atoms with E-state index in [-0.39, 0.29) is 0 Å². The van der Waals surface area contributed by atoms with Crippen molar-refractivity contribution in [3.05, 3.63) is 24.2 Å². The van der Waals surface area contributed by atoms with Gasteiger partial charge >= 0.3 is 0 Å². The van der Waals surface area contributed by atoms with Gasteiger partial charge in [0.15, 0.2) is 6.29 Å². The van der Waals surface area contributed by atoms with Gasteiger partial charge in [0, 0.05) is 13.0 Å². The van der Waals surface area contributed by atoms with Gasteiger partial charge in [0.25, 0.3) is 0 Å². The van der Waals surface area contributed by atoms with E-state index in [4.69, 9.17) is 13.9 Å². The SMILES string of the molecule is O[C@@H]1CCCO[C@H]1OCCc1ccco1. The molecule has 1 aliphatic heterocycles. The highest BCUT2D eigenvalue weighted by molar-refractivity contribution is 4.97.